The molecule has 0 bridgehead atoms. The maximum Gasteiger partial charge on any atom is 0.337 e. The average molecular weight is 302 g/mol. The molecule has 1 heterocycles. The van der Waals surface area contributed by atoms with Crippen molar-refractivity contribution in [2.24, 2.45) is 0 Å². The zero-order valence-corrected chi connectivity index (χ0v) is 12.0. The van der Waals surface area contributed by atoms with Crippen LogP contribution < -0.4 is 15.4 Å². The lowest BCUT2D eigenvalue weighted by molar-refractivity contribution is 0.0600. The topological polar surface area (TPSA) is 102 Å². The van der Waals surface area contributed by atoms with Gasteiger partial charge in [0.25, 0.3) is 0 Å². The summed E-state index contributed by atoms with van der Waals surface area (Å²) in [4.78, 5) is 31.2. The Balaban J connectivity index is 2.16. The van der Waals surface area contributed by atoms with E-state index in [0.29, 0.717) is 17.3 Å². The monoisotopic (exact) mass is 302 g/mol. The first-order chi connectivity index (χ1) is 10.6. The number of esters is 1. The zero-order chi connectivity index (χ0) is 15.9. The van der Waals surface area contributed by atoms with Crippen LogP contribution in [0.1, 0.15) is 10.4 Å². The maximum atomic E-state index is 11.9. The van der Waals surface area contributed by atoms with Crippen LogP contribution in [0.4, 0.5) is 16.3 Å². The van der Waals surface area contributed by atoms with Gasteiger partial charge in [-0.1, -0.05) is 0 Å². The normalized spacial score (nSPS) is 9.73. The van der Waals surface area contributed by atoms with Crippen molar-refractivity contribution in [1.29, 1.82) is 0 Å². The number of carbonyl (C=O) groups is 2. The van der Waals surface area contributed by atoms with E-state index >= 15 is 0 Å². The van der Waals surface area contributed by atoms with Crippen LogP contribution in [0.15, 0.2) is 36.8 Å². The number of carbonyl (C=O) groups excluding carboxylic acids is 2. The highest BCUT2D eigenvalue weighted by molar-refractivity contribution is 6.01. The van der Waals surface area contributed by atoms with Crippen LogP contribution in [0.2, 0.25) is 0 Å². The van der Waals surface area contributed by atoms with Crippen LogP contribution in [-0.4, -0.2) is 36.2 Å². The number of anilines is 2. The molecular formula is C14H14N4O4. The highest BCUT2D eigenvalue weighted by Gasteiger charge is 2.13. The quantitative estimate of drug-likeness (QED) is 0.836. The molecule has 1 aromatic heterocycles. The third-order valence-electron chi connectivity index (χ3n) is 2.67. The van der Waals surface area contributed by atoms with Gasteiger partial charge in [0.05, 0.1) is 31.7 Å². The molecule has 2 rings (SSSR count). The van der Waals surface area contributed by atoms with Crippen molar-refractivity contribution in [2.45, 2.75) is 0 Å². The molecule has 0 atom stereocenters. The number of nitrogens with one attached hydrogen (secondary N) is 2. The molecular weight excluding hydrogens is 288 g/mol. The van der Waals surface area contributed by atoms with Gasteiger partial charge in [-0.3, -0.25) is 10.3 Å². The Labute approximate surface area is 126 Å². The Morgan fingerprint density at radius 1 is 1.14 bits per heavy atom. The molecule has 2 aromatic rings. The Bertz CT molecular complexity index is 676. The van der Waals surface area contributed by atoms with E-state index in [0.717, 1.165) is 0 Å². The molecule has 8 heteroatoms. The van der Waals surface area contributed by atoms with Crippen molar-refractivity contribution in [3.63, 3.8) is 0 Å². The van der Waals surface area contributed by atoms with Gasteiger partial charge in [0.15, 0.2) is 5.82 Å². The molecule has 0 aliphatic heterocycles. The number of hydrogen-bond acceptors (Lipinski definition) is 6. The van der Waals surface area contributed by atoms with Crippen LogP contribution in [0.3, 0.4) is 0 Å². The summed E-state index contributed by atoms with van der Waals surface area (Å²) < 4.78 is 9.78. The van der Waals surface area contributed by atoms with Gasteiger partial charge in [-0.05, 0) is 18.2 Å². The Morgan fingerprint density at radius 2 is 1.95 bits per heavy atom. The first kappa shape index (κ1) is 15.2. The van der Waals surface area contributed by atoms with Gasteiger partial charge < -0.3 is 14.8 Å². The minimum absolute atomic E-state index is 0.290. The van der Waals surface area contributed by atoms with Gasteiger partial charge in [0, 0.05) is 12.4 Å². The highest BCUT2D eigenvalue weighted by atomic mass is 16.5. The summed E-state index contributed by atoms with van der Waals surface area (Å²) in [6, 6.07) is 4.02. The number of amides is 2. The van der Waals surface area contributed by atoms with E-state index in [1.54, 1.807) is 6.07 Å². The summed E-state index contributed by atoms with van der Waals surface area (Å²) in [5.74, 6) is 0.185. The van der Waals surface area contributed by atoms with E-state index in [-0.39, 0.29) is 5.56 Å². The lowest BCUT2D eigenvalue weighted by Crippen LogP contribution is -2.20. The SMILES string of the molecule is COC(=O)c1ccc(OC)c(NC(=O)Nc2cnccn2)c1. The number of urea groups is 1. The fourth-order valence-corrected chi connectivity index (χ4v) is 1.68. The molecule has 0 spiro atoms. The molecule has 8 nitrogen and oxygen atoms in total. The van der Waals surface area contributed by atoms with Crippen molar-refractivity contribution in [2.75, 3.05) is 24.9 Å². The smallest absolute Gasteiger partial charge is 0.337 e. The summed E-state index contributed by atoms with van der Waals surface area (Å²) in [5.41, 5.74) is 0.616. The predicted molar refractivity (Wildman–Crippen MR) is 79.0 cm³/mol. The van der Waals surface area contributed by atoms with E-state index in [2.05, 4.69) is 25.3 Å². The van der Waals surface area contributed by atoms with Crippen molar-refractivity contribution < 1.29 is 19.1 Å². The second-order valence-electron chi connectivity index (χ2n) is 4.08. The second-order valence-corrected chi connectivity index (χ2v) is 4.08. The molecule has 2 amide bonds. The minimum atomic E-state index is -0.541. The Morgan fingerprint density at radius 3 is 2.59 bits per heavy atom. The predicted octanol–water partition coefficient (Wildman–Crippen LogP) is 1.92. The molecule has 1 aromatic carbocycles. The molecule has 0 aliphatic rings. The number of aromatic nitrogens is 2. The van der Waals surface area contributed by atoms with E-state index in [1.165, 1.54) is 44.9 Å². The van der Waals surface area contributed by atoms with Crippen molar-refractivity contribution >= 4 is 23.5 Å². The van der Waals surface area contributed by atoms with Crippen LogP contribution in [0.25, 0.3) is 0 Å². The molecule has 0 saturated carbocycles. The van der Waals surface area contributed by atoms with Crippen molar-refractivity contribution in [3.8, 4) is 5.75 Å². The largest absolute Gasteiger partial charge is 0.495 e. The zero-order valence-electron chi connectivity index (χ0n) is 12.0. The number of methoxy groups -OCH3 is 2. The first-order valence-electron chi connectivity index (χ1n) is 6.24. The molecule has 0 unspecified atom stereocenters. The number of hydrogen-bond donors (Lipinski definition) is 2. The van der Waals surface area contributed by atoms with E-state index < -0.39 is 12.0 Å². The van der Waals surface area contributed by atoms with Gasteiger partial charge in [0.1, 0.15) is 5.75 Å². The Hall–Kier alpha value is -3.16. The number of rotatable bonds is 4. The summed E-state index contributed by atoms with van der Waals surface area (Å²) >= 11 is 0. The fourth-order valence-electron chi connectivity index (χ4n) is 1.68. The minimum Gasteiger partial charge on any atom is -0.495 e. The summed E-state index contributed by atoms with van der Waals surface area (Å²) in [6.45, 7) is 0. The standard InChI is InChI=1S/C14H14N4O4/c1-21-11-4-3-9(13(19)22-2)7-10(11)17-14(20)18-12-8-15-5-6-16-12/h3-8H,1-2H3,(H2,16,17,18,20). The van der Waals surface area contributed by atoms with Gasteiger partial charge in [-0.15, -0.1) is 0 Å². The highest BCUT2D eigenvalue weighted by Crippen LogP contribution is 2.26. The van der Waals surface area contributed by atoms with Gasteiger partial charge >= 0.3 is 12.0 Å². The Kier molecular flexibility index (Phi) is 4.86. The molecule has 114 valence electrons. The molecule has 22 heavy (non-hydrogen) atoms. The van der Waals surface area contributed by atoms with Crippen molar-refractivity contribution in [3.05, 3.63) is 42.4 Å². The average Bonchev–Trinajstić information content (AvgIpc) is 2.54. The van der Waals surface area contributed by atoms with Crippen LogP contribution in [0, 0.1) is 0 Å². The van der Waals surface area contributed by atoms with Gasteiger partial charge in [-0.25, -0.2) is 14.6 Å². The lowest BCUT2D eigenvalue weighted by atomic mass is 10.2. The number of ether oxygens (including phenoxy) is 2. The van der Waals surface area contributed by atoms with E-state index in [1.807, 2.05) is 0 Å². The first-order valence-corrected chi connectivity index (χ1v) is 6.24. The van der Waals surface area contributed by atoms with Crippen LogP contribution in [0.5, 0.6) is 5.75 Å². The third-order valence-corrected chi connectivity index (χ3v) is 2.67. The summed E-state index contributed by atoms with van der Waals surface area (Å²) in [5, 5.41) is 5.09. The lowest BCUT2D eigenvalue weighted by Gasteiger charge is -2.12. The summed E-state index contributed by atoms with van der Waals surface area (Å²) in [6.07, 6.45) is 4.35. The second kappa shape index (κ2) is 7.02. The van der Waals surface area contributed by atoms with E-state index in [9.17, 15) is 9.59 Å². The third kappa shape index (κ3) is 3.69. The van der Waals surface area contributed by atoms with Crippen molar-refractivity contribution in [1.82, 2.24) is 9.97 Å². The molecule has 0 fully saturated rings. The van der Waals surface area contributed by atoms with Gasteiger partial charge in [0.2, 0.25) is 0 Å². The van der Waals surface area contributed by atoms with Crippen LogP contribution in [-0.2, 0) is 4.74 Å². The summed E-state index contributed by atoms with van der Waals surface area (Å²) in [7, 11) is 2.74. The molecule has 0 radical (unpaired) electrons. The molecule has 2 N–H and O–H groups in total. The maximum absolute atomic E-state index is 11.9. The number of nitrogens with zero attached hydrogens (tertiary/aromatic N) is 2. The van der Waals surface area contributed by atoms with E-state index in [4.69, 9.17) is 4.74 Å². The fraction of sp³-hybridized carbons (Fsp3) is 0.143. The van der Waals surface area contributed by atoms with Gasteiger partial charge in [-0.2, -0.15) is 0 Å². The molecule has 0 aliphatic carbocycles. The molecule has 0 saturated heterocycles. The van der Waals surface area contributed by atoms with Crippen LogP contribution >= 0.6 is 0 Å². The number of benzene rings is 1.